The van der Waals surface area contributed by atoms with Crippen LogP contribution in [0.5, 0.6) is 0 Å². The van der Waals surface area contributed by atoms with Gasteiger partial charge in [0.15, 0.2) is 0 Å². The van der Waals surface area contributed by atoms with Crippen LogP contribution < -0.4 is 11.1 Å². The van der Waals surface area contributed by atoms with E-state index in [1.54, 1.807) is 0 Å². The lowest BCUT2D eigenvalue weighted by Crippen LogP contribution is -2.33. The maximum Gasteiger partial charge on any atom is 0.282 e. The molecule has 1 aliphatic carbocycles. The number of benzene rings is 1. The molecule has 6 nitrogen and oxygen atoms in total. The van der Waals surface area contributed by atoms with Crippen LogP contribution in [0.3, 0.4) is 0 Å². The van der Waals surface area contributed by atoms with Gasteiger partial charge in [-0.1, -0.05) is 6.92 Å². The second-order valence-corrected chi connectivity index (χ2v) is 5.12. The maximum atomic E-state index is 12.1. The Morgan fingerprint density at radius 3 is 2.79 bits per heavy atom. The van der Waals surface area contributed by atoms with E-state index in [9.17, 15) is 14.9 Å². The van der Waals surface area contributed by atoms with Gasteiger partial charge in [-0.2, -0.15) is 0 Å². The van der Waals surface area contributed by atoms with Gasteiger partial charge in [-0.05, 0) is 37.3 Å². The molecule has 1 saturated carbocycles. The molecule has 2 rings (SSSR count). The molecule has 0 aliphatic heterocycles. The van der Waals surface area contributed by atoms with Gasteiger partial charge in [0, 0.05) is 17.8 Å². The molecule has 2 unspecified atom stereocenters. The molecule has 1 aromatic rings. The monoisotopic (exact) mass is 263 g/mol. The first-order valence-corrected chi connectivity index (χ1v) is 6.32. The molecule has 19 heavy (non-hydrogen) atoms. The van der Waals surface area contributed by atoms with Crippen molar-refractivity contribution in [3.05, 3.63) is 33.9 Å². The van der Waals surface area contributed by atoms with E-state index in [0.29, 0.717) is 11.6 Å². The number of anilines is 1. The van der Waals surface area contributed by atoms with Gasteiger partial charge in [0.2, 0.25) is 0 Å². The van der Waals surface area contributed by atoms with Gasteiger partial charge in [0.1, 0.15) is 5.56 Å². The molecule has 6 heteroatoms. The van der Waals surface area contributed by atoms with E-state index in [1.807, 2.05) is 0 Å². The average molecular weight is 263 g/mol. The van der Waals surface area contributed by atoms with Gasteiger partial charge in [0.05, 0.1) is 4.92 Å². The Balaban J connectivity index is 2.18. The summed E-state index contributed by atoms with van der Waals surface area (Å²) in [6, 6.07) is 4.14. The fourth-order valence-electron chi connectivity index (χ4n) is 2.50. The van der Waals surface area contributed by atoms with Crippen molar-refractivity contribution in [1.82, 2.24) is 5.32 Å². The van der Waals surface area contributed by atoms with E-state index in [4.69, 9.17) is 5.73 Å². The van der Waals surface area contributed by atoms with Gasteiger partial charge in [-0.3, -0.25) is 14.9 Å². The minimum absolute atomic E-state index is 0.0320. The van der Waals surface area contributed by atoms with Crippen LogP contribution in [0.25, 0.3) is 0 Å². The number of nitrogens with zero attached hydrogens (tertiary/aromatic N) is 1. The first-order valence-electron chi connectivity index (χ1n) is 6.32. The number of hydrogen-bond donors (Lipinski definition) is 2. The minimum atomic E-state index is -0.564. The van der Waals surface area contributed by atoms with Crippen molar-refractivity contribution < 1.29 is 9.72 Å². The van der Waals surface area contributed by atoms with Gasteiger partial charge in [0.25, 0.3) is 11.6 Å². The third-order valence-corrected chi connectivity index (χ3v) is 3.49. The molecule has 0 spiro atoms. The number of nitro groups is 1. The molecule has 2 atom stereocenters. The fraction of sp³-hybridized carbons (Fsp3) is 0.462. The summed E-state index contributed by atoms with van der Waals surface area (Å²) < 4.78 is 0. The van der Waals surface area contributed by atoms with E-state index >= 15 is 0 Å². The highest BCUT2D eigenvalue weighted by molar-refractivity contribution is 5.99. The Morgan fingerprint density at radius 1 is 1.47 bits per heavy atom. The van der Waals surface area contributed by atoms with Gasteiger partial charge >= 0.3 is 0 Å². The van der Waals surface area contributed by atoms with Crippen molar-refractivity contribution >= 4 is 17.3 Å². The fourth-order valence-corrected chi connectivity index (χ4v) is 2.50. The van der Waals surface area contributed by atoms with E-state index in [-0.39, 0.29) is 17.3 Å². The summed E-state index contributed by atoms with van der Waals surface area (Å²) in [4.78, 5) is 22.5. The molecule has 1 aromatic carbocycles. The summed E-state index contributed by atoms with van der Waals surface area (Å²) in [5.41, 5.74) is 5.76. The van der Waals surface area contributed by atoms with Crippen LogP contribution in [0.15, 0.2) is 18.2 Å². The van der Waals surface area contributed by atoms with Gasteiger partial charge in [-0.15, -0.1) is 0 Å². The van der Waals surface area contributed by atoms with E-state index in [0.717, 1.165) is 19.3 Å². The Morgan fingerprint density at radius 2 is 2.21 bits per heavy atom. The Labute approximate surface area is 111 Å². The SMILES string of the molecule is CC1CCC(NC(=O)c2cc(N)ccc2[N+](=O)[O-])C1. The highest BCUT2D eigenvalue weighted by Gasteiger charge is 2.26. The number of nitro benzene ring substituents is 1. The summed E-state index contributed by atoms with van der Waals surface area (Å²) in [7, 11) is 0. The predicted octanol–water partition coefficient (Wildman–Crippen LogP) is 2.10. The molecule has 3 N–H and O–H groups in total. The maximum absolute atomic E-state index is 12.1. The smallest absolute Gasteiger partial charge is 0.282 e. The van der Waals surface area contributed by atoms with Gasteiger partial charge in [-0.25, -0.2) is 0 Å². The molecular weight excluding hydrogens is 246 g/mol. The van der Waals surface area contributed by atoms with Crippen molar-refractivity contribution in [2.75, 3.05) is 5.73 Å². The molecule has 102 valence electrons. The summed E-state index contributed by atoms with van der Waals surface area (Å²) in [6.07, 6.45) is 2.91. The van der Waals surface area contributed by atoms with Gasteiger partial charge < -0.3 is 11.1 Å². The number of carbonyl (C=O) groups excluding carboxylic acids is 1. The lowest BCUT2D eigenvalue weighted by molar-refractivity contribution is -0.385. The number of rotatable bonds is 3. The molecular formula is C13H17N3O3. The van der Waals surface area contributed by atoms with Crippen LogP contribution in [0.4, 0.5) is 11.4 Å². The van der Waals surface area contributed by atoms with Crippen molar-refractivity contribution in [3.63, 3.8) is 0 Å². The Kier molecular flexibility index (Phi) is 3.69. The molecule has 1 amide bonds. The summed E-state index contributed by atoms with van der Waals surface area (Å²) in [5, 5.41) is 13.8. The zero-order valence-electron chi connectivity index (χ0n) is 10.8. The van der Waals surface area contributed by atoms with Crippen LogP contribution in [-0.2, 0) is 0 Å². The van der Waals surface area contributed by atoms with E-state index < -0.39 is 10.8 Å². The number of nitrogen functional groups attached to an aromatic ring is 1. The van der Waals surface area contributed by atoms with Crippen molar-refractivity contribution in [2.45, 2.75) is 32.2 Å². The third kappa shape index (κ3) is 3.01. The number of hydrogen-bond acceptors (Lipinski definition) is 4. The Bertz CT molecular complexity index is 516. The number of nitrogens with two attached hydrogens (primary N) is 1. The Hall–Kier alpha value is -2.11. The van der Waals surface area contributed by atoms with Crippen molar-refractivity contribution in [2.24, 2.45) is 5.92 Å². The second-order valence-electron chi connectivity index (χ2n) is 5.12. The molecule has 0 radical (unpaired) electrons. The lowest BCUT2D eigenvalue weighted by atomic mass is 10.1. The molecule has 1 aliphatic rings. The topological polar surface area (TPSA) is 98.3 Å². The number of amides is 1. The number of carbonyl (C=O) groups is 1. The zero-order chi connectivity index (χ0) is 14.0. The van der Waals surface area contributed by atoms with Crippen LogP contribution >= 0.6 is 0 Å². The molecule has 1 fully saturated rings. The molecule has 0 heterocycles. The second kappa shape index (κ2) is 5.26. The van der Waals surface area contributed by atoms with Crippen molar-refractivity contribution in [1.29, 1.82) is 0 Å². The largest absolute Gasteiger partial charge is 0.399 e. The first kappa shape index (κ1) is 13.3. The molecule has 0 bridgehead atoms. The lowest BCUT2D eigenvalue weighted by Gasteiger charge is -2.12. The number of nitrogens with one attached hydrogen (secondary N) is 1. The predicted molar refractivity (Wildman–Crippen MR) is 71.8 cm³/mol. The first-order chi connectivity index (χ1) is 8.97. The minimum Gasteiger partial charge on any atom is -0.399 e. The van der Waals surface area contributed by atoms with Crippen LogP contribution in [-0.4, -0.2) is 16.9 Å². The molecule has 0 aromatic heterocycles. The summed E-state index contributed by atoms with van der Waals surface area (Å²) >= 11 is 0. The zero-order valence-corrected chi connectivity index (χ0v) is 10.8. The van der Waals surface area contributed by atoms with Crippen molar-refractivity contribution in [3.8, 4) is 0 Å². The molecule has 0 saturated heterocycles. The summed E-state index contributed by atoms with van der Waals surface area (Å²) in [5.74, 6) is 0.166. The van der Waals surface area contributed by atoms with E-state index in [1.165, 1.54) is 18.2 Å². The average Bonchev–Trinajstić information content (AvgIpc) is 2.74. The normalized spacial score (nSPS) is 22.2. The highest BCUT2D eigenvalue weighted by Crippen LogP contribution is 2.26. The van der Waals surface area contributed by atoms with Crippen LogP contribution in [0.2, 0.25) is 0 Å². The van der Waals surface area contributed by atoms with Crippen LogP contribution in [0.1, 0.15) is 36.5 Å². The third-order valence-electron chi connectivity index (χ3n) is 3.49. The quantitative estimate of drug-likeness (QED) is 0.495. The summed E-state index contributed by atoms with van der Waals surface area (Å²) in [6.45, 7) is 2.13. The van der Waals surface area contributed by atoms with Crippen LogP contribution in [0, 0.1) is 16.0 Å². The highest BCUT2D eigenvalue weighted by atomic mass is 16.6. The van der Waals surface area contributed by atoms with E-state index in [2.05, 4.69) is 12.2 Å². The standard InChI is InChI=1S/C13H17N3O3/c1-8-2-4-10(6-8)15-13(17)11-7-9(14)3-5-12(11)16(18)19/h3,5,7-8,10H,2,4,6,14H2,1H3,(H,15,17).